The molecule has 63 heavy (non-hydrogen) atoms. The van der Waals surface area contributed by atoms with Crippen molar-refractivity contribution >= 4 is 17.9 Å². The van der Waals surface area contributed by atoms with E-state index in [1.165, 1.54) is 161 Å². The quantitative estimate of drug-likeness (QED) is 0.0262. The highest BCUT2D eigenvalue weighted by Gasteiger charge is 2.19. The van der Waals surface area contributed by atoms with Crippen LogP contribution < -0.4 is 0 Å². The highest BCUT2D eigenvalue weighted by molar-refractivity contribution is 5.71. The summed E-state index contributed by atoms with van der Waals surface area (Å²) in [5, 5.41) is 0. The Morgan fingerprint density at radius 1 is 0.333 bits per heavy atom. The molecule has 0 bridgehead atoms. The van der Waals surface area contributed by atoms with Gasteiger partial charge in [-0.1, -0.05) is 230 Å². The first-order valence-corrected chi connectivity index (χ1v) is 27.1. The summed E-state index contributed by atoms with van der Waals surface area (Å²) in [7, 11) is 0. The van der Waals surface area contributed by atoms with Crippen molar-refractivity contribution in [1.29, 1.82) is 0 Å². The third-order valence-corrected chi connectivity index (χ3v) is 11.8. The Bertz CT molecular complexity index is 1110. The van der Waals surface area contributed by atoms with Crippen LogP contribution >= 0.6 is 0 Å². The number of allylic oxidation sites excluding steroid dienone is 8. The Balaban J connectivity index is 4.35. The van der Waals surface area contributed by atoms with Gasteiger partial charge in [0.05, 0.1) is 0 Å². The van der Waals surface area contributed by atoms with E-state index in [1.807, 2.05) is 0 Å². The smallest absolute Gasteiger partial charge is 0.306 e. The van der Waals surface area contributed by atoms with Crippen LogP contribution in [0.15, 0.2) is 48.6 Å². The molecular formula is C57H102O6. The molecule has 0 radical (unpaired) electrons. The largest absolute Gasteiger partial charge is 0.462 e. The fourth-order valence-electron chi connectivity index (χ4n) is 7.75. The number of unbranched alkanes of at least 4 members (excludes halogenated alkanes) is 30. The molecule has 0 heterocycles. The number of hydrogen-bond donors (Lipinski definition) is 0. The first-order valence-electron chi connectivity index (χ1n) is 27.1. The normalized spacial score (nSPS) is 12.4. The molecule has 6 heteroatoms. The predicted molar refractivity (Wildman–Crippen MR) is 270 cm³/mol. The molecule has 0 aromatic carbocycles. The van der Waals surface area contributed by atoms with Gasteiger partial charge in [-0.15, -0.1) is 0 Å². The molecule has 366 valence electrons. The standard InChI is InChI=1S/C57H102O6/c1-4-7-10-13-16-19-22-25-27-28-29-31-32-35-38-41-44-47-50-56(59)62-53-54(52-61-55(58)49-46-43-40-37-34-24-21-18-15-12-9-6-3)63-57(60)51-48-45-42-39-36-33-30-26-23-20-17-14-11-8-5-2/h9,12,18,20-21,23,34,37,54H,4-8,10-11,13-17,19,22,24-33,35-36,38-53H2,1-3H3/b12-9-,21-18-,23-20-,37-34-. The summed E-state index contributed by atoms with van der Waals surface area (Å²) < 4.78 is 16.8. The Kier molecular flexibility index (Phi) is 49.8. The maximum Gasteiger partial charge on any atom is 0.306 e. The van der Waals surface area contributed by atoms with Gasteiger partial charge in [0.2, 0.25) is 0 Å². The second-order valence-electron chi connectivity index (χ2n) is 18.1. The number of carbonyl (C=O) groups excluding carboxylic acids is 3. The molecule has 0 spiro atoms. The second kappa shape index (κ2) is 52.0. The number of rotatable bonds is 49. The minimum Gasteiger partial charge on any atom is -0.462 e. The number of carbonyl (C=O) groups is 3. The van der Waals surface area contributed by atoms with E-state index in [1.54, 1.807) is 0 Å². The van der Waals surface area contributed by atoms with Crippen LogP contribution in [0.25, 0.3) is 0 Å². The zero-order valence-electron chi connectivity index (χ0n) is 41.8. The highest BCUT2D eigenvalue weighted by Crippen LogP contribution is 2.16. The van der Waals surface area contributed by atoms with Gasteiger partial charge in [-0.25, -0.2) is 0 Å². The molecule has 0 rings (SSSR count). The van der Waals surface area contributed by atoms with E-state index in [-0.39, 0.29) is 31.1 Å². The topological polar surface area (TPSA) is 78.9 Å². The molecule has 0 saturated carbocycles. The molecular weight excluding hydrogens is 781 g/mol. The lowest BCUT2D eigenvalue weighted by atomic mass is 10.0. The van der Waals surface area contributed by atoms with Crippen LogP contribution in [0.1, 0.15) is 278 Å². The van der Waals surface area contributed by atoms with Crippen molar-refractivity contribution in [2.24, 2.45) is 0 Å². The molecule has 0 aliphatic heterocycles. The van der Waals surface area contributed by atoms with Crippen LogP contribution in [0.5, 0.6) is 0 Å². The fourth-order valence-corrected chi connectivity index (χ4v) is 7.75. The Morgan fingerprint density at radius 2 is 0.619 bits per heavy atom. The first-order chi connectivity index (χ1) is 31.0. The zero-order valence-corrected chi connectivity index (χ0v) is 41.8. The molecule has 0 saturated heterocycles. The molecule has 0 aromatic heterocycles. The van der Waals surface area contributed by atoms with Gasteiger partial charge in [-0.05, 0) is 77.0 Å². The van der Waals surface area contributed by atoms with Crippen LogP contribution in [0.3, 0.4) is 0 Å². The molecule has 0 aromatic rings. The van der Waals surface area contributed by atoms with Crippen LogP contribution in [-0.4, -0.2) is 37.2 Å². The zero-order chi connectivity index (χ0) is 45.8. The maximum absolute atomic E-state index is 12.8. The summed E-state index contributed by atoms with van der Waals surface area (Å²) in [5.74, 6) is -0.919. The molecule has 1 unspecified atom stereocenters. The lowest BCUT2D eigenvalue weighted by Gasteiger charge is -2.18. The van der Waals surface area contributed by atoms with Gasteiger partial charge in [0, 0.05) is 19.3 Å². The van der Waals surface area contributed by atoms with Gasteiger partial charge in [0.15, 0.2) is 6.10 Å². The van der Waals surface area contributed by atoms with Crippen molar-refractivity contribution in [1.82, 2.24) is 0 Å². The summed E-state index contributed by atoms with van der Waals surface area (Å²) in [6.45, 7) is 6.50. The average molecular weight is 883 g/mol. The Morgan fingerprint density at radius 3 is 1.03 bits per heavy atom. The van der Waals surface area contributed by atoms with Gasteiger partial charge in [0.25, 0.3) is 0 Å². The second-order valence-corrected chi connectivity index (χ2v) is 18.1. The minimum absolute atomic E-state index is 0.0842. The first kappa shape index (κ1) is 60.4. The van der Waals surface area contributed by atoms with Crippen LogP contribution in [-0.2, 0) is 28.6 Å². The van der Waals surface area contributed by atoms with Crippen molar-refractivity contribution in [2.75, 3.05) is 13.2 Å². The molecule has 0 aliphatic carbocycles. The van der Waals surface area contributed by atoms with E-state index in [9.17, 15) is 14.4 Å². The van der Waals surface area contributed by atoms with Gasteiger partial charge in [-0.3, -0.25) is 14.4 Å². The molecule has 0 fully saturated rings. The summed E-state index contributed by atoms with van der Waals surface area (Å²) in [6, 6.07) is 0. The monoisotopic (exact) mass is 883 g/mol. The van der Waals surface area contributed by atoms with Crippen molar-refractivity contribution < 1.29 is 28.6 Å². The molecule has 1 atom stereocenters. The summed E-state index contributed by atoms with van der Waals surface area (Å²) >= 11 is 0. The van der Waals surface area contributed by atoms with E-state index in [0.717, 1.165) is 77.0 Å². The van der Waals surface area contributed by atoms with Gasteiger partial charge in [-0.2, -0.15) is 0 Å². The van der Waals surface area contributed by atoms with Crippen LogP contribution in [0, 0.1) is 0 Å². The summed E-state index contributed by atoms with van der Waals surface area (Å²) in [5.41, 5.74) is 0. The predicted octanol–water partition coefficient (Wildman–Crippen LogP) is 17.9. The molecule has 0 N–H and O–H groups in total. The number of esters is 3. The van der Waals surface area contributed by atoms with Crippen molar-refractivity contribution in [3.8, 4) is 0 Å². The summed E-state index contributed by atoms with van der Waals surface area (Å²) in [4.78, 5) is 38.0. The van der Waals surface area contributed by atoms with E-state index < -0.39 is 6.10 Å². The van der Waals surface area contributed by atoms with Gasteiger partial charge < -0.3 is 14.2 Å². The van der Waals surface area contributed by atoms with Crippen molar-refractivity contribution in [2.45, 2.75) is 284 Å². The lowest BCUT2D eigenvalue weighted by molar-refractivity contribution is -0.167. The fraction of sp³-hybridized carbons (Fsp3) is 0.807. The van der Waals surface area contributed by atoms with Crippen molar-refractivity contribution in [3.05, 3.63) is 48.6 Å². The number of hydrogen-bond acceptors (Lipinski definition) is 6. The maximum atomic E-state index is 12.8. The highest BCUT2D eigenvalue weighted by atomic mass is 16.6. The number of ether oxygens (including phenoxy) is 3. The van der Waals surface area contributed by atoms with E-state index in [4.69, 9.17) is 14.2 Å². The Hall–Kier alpha value is -2.63. The Labute approximate surface area is 390 Å². The van der Waals surface area contributed by atoms with Crippen molar-refractivity contribution in [3.63, 3.8) is 0 Å². The van der Waals surface area contributed by atoms with Gasteiger partial charge in [0.1, 0.15) is 13.2 Å². The third kappa shape index (κ3) is 50.2. The van der Waals surface area contributed by atoms with Gasteiger partial charge >= 0.3 is 17.9 Å². The molecule has 0 amide bonds. The van der Waals surface area contributed by atoms with Crippen LogP contribution in [0.2, 0.25) is 0 Å². The minimum atomic E-state index is -0.787. The molecule has 6 nitrogen and oxygen atoms in total. The third-order valence-electron chi connectivity index (χ3n) is 11.8. The van der Waals surface area contributed by atoms with Crippen LogP contribution in [0.4, 0.5) is 0 Å². The summed E-state index contributed by atoms with van der Waals surface area (Å²) in [6.07, 6.45) is 62.5. The SMILES string of the molecule is CC/C=C\C/C=C\C/C=C\CCCCC(=O)OCC(COC(=O)CCCCCCCCCCCCCCCCCCCC)OC(=O)CCCCCCCCC/C=C\CCCCCC. The van der Waals surface area contributed by atoms with E-state index in [0.29, 0.717) is 19.3 Å². The van der Waals surface area contributed by atoms with E-state index in [2.05, 4.69) is 69.4 Å². The molecule has 0 aliphatic rings. The lowest BCUT2D eigenvalue weighted by Crippen LogP contribution is -2.30. The van der Waals surface area contributed by atoms with E-state index >= 15 is 0 Å². The average Bonchev–Trinajstić information content (AvgIpc) is 3.28.